The summed E-state index contributed by atoms with van der Waals surface area (Å²) >= 11 is 3.45. The van der Waals surface area contributed by atoms with Crippen LogP contribution in [0.1, 0.15) is 34.2 Å². The summed E-state index contributed by atoms with van der Waals surface area (Å²) < 4.78 is 13.9. The maximum absolute atomic E-state index is 13.3. The summed E-state index contributed by atoms with van der Waals surface area (Å²) in [5, 5.41) is 2.75. The number of nitrogens with one attached hydrogen (secondary N) is 1. The largest absolute Gasteiger partial charge is 0.486 e. The molecule has 3 amide bonds. The lowest BCUT2D eigenvalue weighted by Gasteiger charge is -2.23. The van der Waals surface area contributed by atoms with Gasteiger partial charge in [-0.25, -0.2) is 4.79 Å². The van der Waals surface area contributed by atoms with Crippen molar-refractivity contribution in [2.24, 2.45) is 0 Å². The summed E-state index contributed by atoms with van der Waals surface area (Å²) in [4.78, 5) is 40.4. The molecule has 2 aliphatic rings. The number of fused-ring (bicyclic) bond motifs is 1. The molecule has 8 nitrogen and oxygen atoms in total. The highest BCUT2D eigenvalue weighted by atomic mass is 79.9. The Morgan fingerprint density at radius 2 is 1.77 bits per heavy atom. The summed E-state index contributed by atoms with van der Waals surface area (Å²) in [5.74, 6) is 0.551. The van der Waals surface area contributed by atoms with E-state index in [2.05, 4.69) is 21.2 Å². The number of hydrogen-bond donors (Lipinski definition) is 1. The fourth-order valence-corrected chi connectivity index (χ4v) is 5.41. The molecule has 0 spiro atoms. The fraction of sp³-hybridized carbons (Fsp3) is 0.269. The van der Waals surface area contributed by atoms with Gasteiger partial charge in [-0.1, -0.05) is 34.1 Å². The molecule has 0 unspecified atom stereocenters. The second-order valence-corrected chi connectivity index (χ2v) is 9.65. The number of imide groups is 1. The van der Waals surface area contributed by atoms with E-state index in [9.17, 15) is 14.4 Å². The average molecular weight is 538 g/mol. The third kappa shape index (κ3) is 3.80. The van der Waals surface area contributed by atoms with Crippen LogP contribution in [0.3, 0.4) is 0 Å². The average Bonchev–Trinajstić information content (AvgIpc) is 3.26. The van der Waals surface area contributed by atoms with Crippen LogP contribution >= 0.6 is 15.9 Å². The Hall–Kier alpha value is -3.59. The maximum atomic E-state index is 13.3. The van der Waals surface area contributed by atoms with Crippen LogP contribution in [-0.2, 0) is 10.3 Å². The Morgan fingerprint density at radius 3 is 2.51 bits per heavy atom. The first-order valence-electron chi connectivity index (χ1n) is 11.2. The molecule has 0 aliphatic carbocycles. The highest BCUT2D eigenvalue weighted by Crippen LogP contribution is 2.35. The number of benzene rings is 2. The van der Waals surface area contributed by atoms with Crippen LogP contribution in [0, 0.1) is 13.8 Å². The molecule has 3 heterocycles. The second-order valence-electron chi connectivity index (χ2n) is 8.80. The summed E-state index contributed by atoms with van der Waals surface area (Å²) in [7, 11) is 0. The standard InChI is InChI=1S/C26H24BrN3O5/c1-15-12-18(16(2)30(15)17-8-9-22-23(13-17)35-11-10-34-22)21(31)14-29-24(32)26(3,28-25(29)33)19-6-4-5-7-20(19)27/h4-9,12-13H,10-11,14H2,1-3H3,(H,28,33)/t26-/m0/s1. The minimum atomic E-state index is -1.26. The number of hydrogen-bond acceptors (Lipinski definition) is 5. The van der Waals surface area contributed by atoms with Crippen LogP contribution in [0.25, 0.3) is 5.69 Å². The lowest BCUT2D eigenvalue weighted by Crippen LogP contribution is -2.41. The monoisotopic (exact) mass is 537 g/mol. The molecule has 5 rings (SSSR count). The molecule has 0 bridgehead atoms. The predicted octanol–water partition coefficient (Wildman–Crippen LogP) is 4.28. The number of aryl methyl sites for hydroxylation is 1. The van der Waals surface area contributed by atoms with Gasteiger partial charge in [-0.3, -0.25) is 14.5 Å². The van der Waals surface area contributed by atoms with Crippen LogP contribution in [0.15, 0.2) is 53.0 Å². The lowest BCUT2D eigenvalue weighted by molar-refractivity contribution is -0.130. The van der Waals surface area contributed by atoms with Crippen molar-refractivity contribution in [3.63, 3.8) is 0 Å². The zero-order valence-electron chi connectivity index (χ0n) is 19.6. The Labute approximate surface area is 210 Å². The van der Waals surface area contributed by atoms with E-state index in [1.807, 2.05) is 42.7 Å². The summed E-state index contributed by atoms with van der Waals surface area (Å²) in [6.45, 7) is 6.03. The molecule has 9 heteroatoms. The number of nitrogens with zero attached hydrogens (tertiary/aromatic N) is 2. The topological polar surface area (TPSA) is 89.9 Å². The minimum absolute atomic E-state index is 0.318. The molecular formula is C26H24BrN3O5. The van der Waals surface area contributed by atoms with E-state index < -0.39 is 17.5 Å². The molecule has 35 heavy (non-hydrogen) atoms. The summed E-state index contributed by atoms with van der Waals surface area (Å²) in [6.07, 6.45) is 0. The number of halogens is 1. The predicted molar refractivity (Wildman–Crippen MR) is 132 cm³/mol. The quantitative estimate of drug-likeness (QED) is 0.387. The minimum Gasteiger partial charge on any atom is -0.486 e. The van der Waals surface area contributed by atoms with E-state index in [0.717, 1.165) is 16.3 Å². The molecule has 3 aromatic rings. The number of ether oxygens (including phenoxy) is 2. The molecule has 2 aliphatic heterocycles. The first-order chi connectivity index (χ1) is 16.7. The molecule has 1 N–H and O–H groups in total. The SMILES string of the molecule is Cc1cc(C(=O)CN2C(=O)N[C@@](C)(c3ccccc3Br)C2=O)c(C)n1-c1ccc2c(c1)OCCO2. The van der Waals surface area contributed by atoms with Crippen LogP contribution in [0.5, 0.6) is 11.5 Å². The van der Waals surface area contributed by atoms with Crippen molar-refractivity contribution in [3.05, 3.63) is 75.5 Å². The Balaban J connectivity index is 1.42. The van der Waals surface area contributed by atoms with Gasteiger partial charge >= 0.3 is 6.03 Å². The third-order valence-electron chi connectivity index (χ3n) is 6.50. The van der Waals surface area contributed by atoms with E-state index in [0.29, 0.717) is 46.0 Å². The Morgan fingerprint density at radius 1 is 1.06 bits per heavy atom. The zero-order chi connectivity index (χ0) is 24.9. The first kappa shape index (κ1) is 23.2. The molecular weight excluding hydrogens is 514 g/mol. The smallest absolute Gasteiger partial charge is 0.325 e. The van der Waals surface area contributed by atoms with Gasteiger partial charge in [-0.05, 0) is 45.0 Å². The van der Waals surface area contributed by atoms with E-state index >= 15 is 0 Å². The number of carbonyl (C=O) groups is 3. The van der Waals surface area contributed by atoms with E-state index in [4.69, 9.17) is 9.47 Å². The fourth-order valence-electron chi connectivity index (χ4n) is 4.73. The van der Waals surface area contributed by atoms with Crippen molar-refractivity contribution < 1.29 is 23.9 Å². The van der Waals surface area contributed by atoms with Crippen molar-refractivity contribution in [3.8, 4) is 17.2 Å². The van der Waals surface area contributed by atoms with Crippen LogP contribution in [0.4, 0.5) is 4.79 Å². The van der Waals surface area contributed by atoms with Gasteiger partial charge in [-0.2, -0.15) is 0 Å². The third-order valence-corrected chi connectivity index (χ3v) is 7.20. The second kappa shape index (κ2) is 8.57. The molecule has 1 aromatic heterocycles. The number of carbonyl (C=O) groups excluding carboxylic acids is 3. The molecule has 0 radical (unpaired) electrons. The van der Waals surface area contributed by atoms with Crippen LogP contribution in [-0.4, -0.2) is 46.9 Å². The number of urea groups is 1. The summed E-state index contributed by atoms with van der Waals surface area (Å²) in [6, 6.07) is 14.0. The number of ketones is 1. The normalized spacial score (nSPS) is 19.1. The molecule has 0 saturated carbocycles. The van der Waals surface area contributed by atoms with Gasteiger partial charge in [0.25, 0.3) is 5.91 Å². The van der Waals surface area contributed by atoms with E-state index in [1.165, 1.54) is 0 Å². The number of aromatic nitrogens is 1. The number of rotatable bonds is 5. The van der Waals surface area contributed by atoms with Crippen LogP contribution in [0.2, 0.25) is 0 Å². The van der Waals surface area contributed by atoms with E-state index in [-0.39, 0.29) is 12.3 Å². The molecule has 2 aromatic carbocycles. The van der Waals surface area contributed by atoms with Crippen molar-refractivity contribution in [1.82, 2.24) is 14.8 Å². The van der Waals surface area contributed by atoms with Crippen molar-refractivity contribution in [1.29, 1.82) is 0 Å². The number of amides is 3. The van der Waals surface area contributed by atoms with Gasteiger partial charge in [0.2, 0.25) is 0 Å². The molecule has 180 valence electrons. The van der Waals surface area contributed by atoms with Crippen molar-refractivity contribution in [2.75, 3.05) is 19.8 Å². The zero-order valence-corrected chi connectivity index (χ0v) is 21.1. The highest BCUT2D eigenvalue weighted by molar-refractivity contribution is 9.10. The molecule has 1 atom stereocenters. The Bertz CT molecular complexity index is 1380. The van der Waals surface area contributed by atoms with Gasteiger partial charge in [0.15, 0.2) is 17.3 Å². The van der Waals surface area contributed by atoms with E-state index in [1.54, 1.807) is 31.2 Å². The highest BCUT2D eigenvalue weighted by Gasteiger charge is 2.50. The lowest BCUT2D eigenvalue weighted by atomic mass is 9.92. The van der Waals surface area contributed by atoms with Gasteiger partial charge < -0.3 is 19.4 Å². The molecule has 1 saturated heterocycles. The van der Waals surface area contributed by atoms with Gasteiger partial charge in [-0.15, -0.1) is 0 Å². The van der Waals surface area contributed by atoms with Gasteiger partial charge in [0.1, 0.15) is 18.8 Å². The number of Topliss-reactive ketones (excluding diaryl/α,β-unsaturated/α-hetero) is 1. The maximum Gasteiger partial charge on any atom is 0.325 e. The van der Waals surface area contributed by atoms with Gasteiger partial charge in [0.05, 0.1) is 6.54 Å². The van der Waals surface area contributed by atoms with Crippen molar-refractivity contribution in [2.45, 2.75) is 26.3 Å². The first-order valence-corrected chi connectivity index (χ1v) is 12.0. The van der Waals surface area contributed by atoms with Gasteiger partial charge in [0, 0.05) is 38.7 Å². The van der Waals surface area contributed by atoms with Crippen molar-refractivity contribution >= 4 is 33.7 Å². The summed E-state index contributed by atoms with van der Waals surface area (Å²) in [5.41, 5.74) is 2.21. The molecule has 1 fully saturated rings. The van der Waals surface area contributed by atoms with Crippen LogP contribution < -0.4 is 14.8 Å². The Kier molecular flexibility index (Phi) is 5.67.